The molecule has 0 aromatic rings. The monoisotopic (exact) mass is 240 g/mol. The Morgan fingerprint density at radius 1 is 1.27 bits per heavy atom. The second kappa shape index (κ2) is 6.42. The summed E-state index contributed by atoms with van der Waals surface area (Å²) in [6.45, 7) is 5.89. The Balaban J connectivity index is 3.76. The highest BCUT2D eigenvalue weighted by atomic mass is 32.2. The molecule has 0 aliphatic carbocycles. The van der Waals surface area contributed by atoms with E-state index < -0.39 is 22.0 Å². The van der Waals surface area contributed by atoms with Crippen LogP contribution in [0.4, 0.5) is 0 Å². The summed E-state index contributed by atoms with van der Waals surface area (Å²) in [5.74, 6) is -0.194. The van der Waals surface area contributed by atoms with Crippen molar-refractivity contribution in [2.24, 2.45) is 5.92 Å². The van der Waals surface area contributed by atoms with Crippen LogP contribution in [-0.2, 0) is 14.9 Å². The summed E-state index contributed by atoms with van der Waals surface area (Å²) >= 11 is 0. The van der Waals surface area contributed by atoms with Crippen LogP contribution in [0, 0.1) is 5.92 Å². The molecule has 0 aromatic carbocycles. The van der Waals surface area contributed by atoms with E-state index in [9.17, 15) is 13.5 Å². The summed E-state index contributed by atoms with van der Waals surface area (Å²) in [6.07, 6.45) is -0.353. The van der Waals surface area contributed by atoms with E-state index in [-0.39, 0.29) is 12.7 Å². The smallest absolute Gasteiger partial charge is 0.267 e. The first-order chi connectivity index (χ1) is 6.70. The lowest BCUT2D eigenvalue weighted by atomic mass is 10.1. The van der Waals surface area contributed by atoms with Crippen molar-refractivity contribution in [1.29, 1.82) is 0 Å². The minimum atomic E-state index is -4.12. The Hall–Kier alpha value is -0.170. The molecule has 6 heteroatoms. The number of hydrogen-bond acceptors (Lipinski definition) is 4. The van der Waals surface area contributed by atoms with Gasteiger partial charge in [-0.1, -0.05) is 13.8 Å². The van der Waals surface area contributed by atoms with Crippen molar-refractivity contribution in [2.75, 3.05) is 12.4 Å². The van der Waals surface area contributed by atoms with E-state index in [0.29, 0.717) is 5.92 Å². The molecular weight excluding hydrogens is 220 g/mol. The number of hydrogen-bond donors (Lipinski definition) is 2. The predicted octanol–water partition coefficient (Wildman–Crippen LogP) is 0.686. The zero-order chi connectivity index (χ0) is 12.1. The molecule has 0 spiro atoms. The molecule has 0 fully saturated rings. The average molecular weight is 240 g/mol. The van der Waals surface area contributed by atoms with Crippen molar-refractivity contribution >= 4 is 10.1 Å². The molecule has 0 radical (unpaired) electrons. The minimum Gasteiger partial charge on any atom is -0.390 e. The number of rotatable bonds is 7. The zero-order valence-corrected chi connectivity index (χ0v) is 10.2. The van der Waals surface area contributed by atoms with Crippen molar-refractivity contribution in [3.63, 3.8) is 0 Å². The highest BCUT2D eigenvalue weighted by Gasteiger charge is 2.15. The molecule has 0 aromatic heterocycles. The van der Waals surface area contributed by atoms with Gasteiger partial charge in [-0.2, -0.15) is 8.42 Å². The Bertz CT molecular complexity index is 260. The summed E-state index contributed by atoms with van der Waals surface area (Å²) < 4.78 is 34.5. The second-order valence-corrected chi connectivity index (χ2v) is 5.67. The predicted molar refractivity (Wildman–Crippen MR) is 57.3 cm³/mol. The maximum absolute atomic E-state index is 10.4. The van der Waals surface area contributed by atoms with Crippen LogP contribution >= 0.6 is 0 Å². The highest BCUT2D eigenvalue weighted by molar-refractivity contribution is 7.85. The van der Waals surface area contributed by atoms with Gasteiger partial charge in [0.2, 0.25) is 0 Å². The van der Waals surface area contributed by atoms with Gasteiger partial charge >= 0.3 is 0 Å². The molecule has 0 bridgehead atoms. The maximum atomic E-state index is 10.4. The molecule has 2 unspecified atom stereocenters. The van der Waals surface area contributed by atoms with Crippen molar-refractivity contribution in [1.82, 2.24) is 0 Å². The van der Waals surface area contributed by atoms with Crippen molar-refractivity contribution in [2.45, 2.75) is 39.4 Å². The molecule has 0 saturated heterocycles. The summed E-state index contributed by atoms with van der Waals surface area (Å²) in [6, 6.07) is 0. The molecule has 0 saturated carbocycles. The van der Waals surface area contributed by atoms with Gasteiger partial charge in [-0.25, -0.2) is 0 Å². The van der Waals surface area contributed by atoms with E-state index in [1.54, 1.807) is 0 Å². The topological polar surface area (TPSA) is 83.8 Å². The number of aliphatic hydroxyl groups excluding tert-OH is 1. The molecule has 2 N–H and O–H groups in total. The van der Waals surface area contributed by atoms with Gasteiger partial charge < -0.3 is 9.84 Å². The lowest BCUT2D eigenvalue weighted by Crippen LogP contribution is -2.27. The molecule has 0 amide bonds. The number of aliphatic hydroxyl groups is 1. The Labute approximate surface area is 91.2 Å². The van der Waals surface area contributed by atoms with E-state index in [1.807, 2.05) is 6.92 Å². The SMILES string of the molecule is CC(C)CC(C)OCC(O)CS(=O)(=O)O. The van der Waals surface area contributed by atoms with E-state index in [1.165, 1.54) is 0 Å². The maximum Gasteiger partial charge on any atom is 0.267 e. The van der Waals surface area contributed by atoms with Gasteiger partial charge in [0.25, 0.3) is 10.1 Å². The van der Waals surface area contributed by atoms with Crippen LogP contribution in [-0.4, -0.2) is 42.6 Å². The van der Waals surface area contributed by atoms with Crippen LogP contribution in [0.25, 0.3) is 0 Å². The Morgan fingerprint density at radius 3 is 2.20 bits per heavy atom. The average Bonchev–Trinajstić information content (AvgIpc) is 1.96. The quantitative estimate of drug-likeness (QED) is 0.639. The zero-order valence-electron chi connectivity index (χ0n) is 9.38. The standard InChI is InChI=1S/C9H20O5S/c1-7(2)4-8(3)14-5-9(10)6-15(11,12)13/h7-10H,4-6H2,1-3H3,(H,11,12,13). The van der Waals surface area contributed by atoms with Crippen LogP contribution in [0.5, 0.6) is 0 Å². The fourth-order valence-electron chi connectivity index (χ4n) is 1.30. The largest absolute Gasteiger partial charge is 0.390 e. The van der Waals surface area contributed by atoms with Crippen LogP contribution in [0.15, 0.2) is 0 Å². The third-order valence-electron chi connectivity index (χ3n) is 1.78. The fourth-order valence-corrected chi connectivity index (χ4v) is 1.88. The van der Waals surface area contributed by atoms with Gasteiger partial charge in [0, 0.05) is 0 Å². The normalized spacial score (nSPS) is 16.7. The van der Waals surface area contributed by atoms with Gasteiger partial charge in [0.1, 0.15) is 5.75 Å². The molecule has 0 heterocycles. The lowest BCUT2D eigenvalue weighted by Gasteiger charge is -2.17. The van der Waals surface area contributed by atoms with E-state index >= 15 is 0 Å². The Morgan fingerprint density at radius 2 is 1.80 bits per heavy atom. The first-order valence-corrected chi connectivity index (χ1v) is 6.56. The van der Waals surface area contributed by atoms with E-state index in [0.717, 1.165) is 6.42 Å². The summed E-state index contributed by atoms with van der Waals surface area (Å²) in [5, 5.41) is 9.20. The summed E-state index contributed by atoms with van der Waals surface area (Å²) in [4.78, 5) is 0. The van der Waals surface area contributed by atoms with Crippen molar-refractivity contribution < 1.29 is 22.8 Å². The van der Waals surface area contributed by atoms with Crippen LogP contribution in [0.1, 0.15) is 27.2 Å². The third kappa shape index (κ3) is 10.1. The first kappa shape index (κ1) is 14.8. The summed E-state index contributed by atoms with van der Waals surface area (Å²) in [7, 11) is -4.12. The van der Waals surface area contributed by atoms with Gasteiger partial charge in [0.15, 0.2) is 0 Å². The second-order valence-electron chi connectivity index (χ2n) is 4.18. The number of ether oxygens (including phenoxy) is 1. The minimum absolute atomic E-state index is 0.0268. The molecular formula is C9H20O5S. The molecule has 92 valence electrons. The van der Waals surface area contributed by atoms with Gasteiger partial charge in [-0.15, -0.1) is 0 Å². The van der Waals surface area contributed by atoms with Crippen LogP contribution in [0.2, 0.25) is 0 Å². The molecule has 15 heavy (non-hydrogen) atoms. The van der Waals surface area contributed by atoms with Crippen LogP contribution < -0.4 is 0 Å². The third-order valence-corrected chi connectivity index (χ3v) is 2.59. The molecule has 0 aliphatic heterocycles. The fraction of sp³-hybridized carbons (Fsp3) is 1.00. The molecule has 2 atom stereocenters. The molecule has 5 nitrogen and oxygen atoms in total. The van der Waals surface area contributed by atoms with Crippen molar-refractivity contribution in [3.05, 3.63) is 0 Å². The molecule has 0 rings (SSSR count). The summed E-state index contributed by atoms with van der Waals surface area (Å²) in [5.41, 5.74) is 0. The van der Waals surface area contributed by atoms with E-state index in [4.69, 9.17) is 9.29 Å². The van der Waals surface area contributed by atoms with Crippen molar-refractivity contribution in [3.8, 4) is 0 Å². The van der Waals surface area contributed by atoms with Crippen LogP contribution in [0.3, 0.4) is 0 Å². The van der Waals surface area contributed by atoms with Gasteiger partial charge in [-0.3, -0.25) is 4.55 Å². The highest BCUT2D eigenvalue weighted by Crippen LogP contribution is 2.07. The van der Waals surface area contributed by atoms with Gasteiger partial charge in [0.05, 0.1) is 18.8 Å². The van der Waals surface area contributed by atoms with Gasteiger partial charge in [-0.05, 0) is 19.3 Å². The molecule has 0 aliphatic rings. The lowest BCUT2D eigenvalue weighted by molar-refractivity contribution is -0.00190. The Kier molecular flexibility index (Phi) is 6.35. The van der Waals surface area contributed by atoms with E-state index in [2.05, 4.69) is 13.8 Å². The first-order valence-electron chi connectivity index (χ1n) is 4.95.